The van der Waals surface area contributed by atoms with E-state index in [-0.39, 0.29) is 11.8 Å². The van der Waals surface area contributed by atoms with Crippen LogP contribution in [-0.4, -0.2) is 30.0 Å². The first kappa shape index (κ1) is 14.8. The van der Waals surface area contributed by atoms with Crippen LogP contribution in [-0.2, 0) is 4.79 Å². The third-order valence-corrected chi connectivity index (χ3v) is 5.11. The van der Waals surface area contributed by atoms with Crippen molar-refractivity contribution >= 4 is 17.7 Å². The minimum atomic E-state index is -0.0195. The van der Waals surface area contributed by atoms with Crippen LogP contribution in [0, 0.1) is 11.8 Å². The fourth-order valence-corrected chi connectivity index (χ4v) is 3.21. The van der Waals surface area contributed by atoms with Crippen LogP contribution in [0.4, 0.5) is 0 Å². The van der Waals surface area contributed by atoms with Crippen LogP contribution in [0.3, 0.4) is 0 Å². The summed E-state index contributed by atoms with van der Waals surface area (Å²) in [5.41, 5.74) is 5.67. The molecule has 1 aliphatic carbocycles. The number of hydrogen-bond acceptors (Lipinski definition) is 3. The number of hydrogen-bond donors (Lipinski definition) is 2. The molecule has 17 heavy (non-hydrogen) atoms. The van der Waals surface area contributed by atoms with E-state index in [0.29, 0.717) is 17.2 Å². The summed E-state index contributed by atoms with van der Waals surface area (Å²) in [7, 11) is 0. The van der Waals surface area contributed by atoms with Crippen LogP contribution in [0.5, 0.6) is 0 Å². The molecular formula is C13H26N2OS. The van der Waals surface area contributed by atoms with Crippen LogP contribution in [0.2, 0.25) is 0 Å². The second-order valence-corrected chi connectivity index (χ2v) is 6.79. The maximum atomic E-state index is 12.0. The predicted molar refractivity (Wildman–Crippen MR) is 75.1 cm³/mol. The van der Waals surface area contributed by atoms with Gasteiger partial charge in [0.25, 0.3) is 0 Å². The molecule has 100 valence electrons. The summed E-state index contributed by atoms with van der Waals surface area (Å²) in [4.78, 5) is 12.0. The average molecular weight is 258 g/mol. The van der Waals surface area contributed by atoms with Gasteiger partial charge in [0.15, 0.2) is 0 Å². The van der Waals surface area contributed by atoms with Crippen molar-refractivity contribution < 1.29 is 4.79 Å². The Labute approximate surface area is 109 Å². The zero-order valence-corrected chi connectivity index (χ0v) is 12.1. The van der Waals surface area contributed by atoms with Crippen molar-refractivity contribution in [1.29, 1.82) is 0 Å². The van der Waals surface area contributed by atoms with Gasteiger partial charge < -0.3 is 11.1 Å². The van der Waals surface area contributed by atoms with E-state index in [1.54, 1.807) is 0 Å². The number of nitrogens with one attached hydrogen (secondary N) is 1. The third-order valence-electron chi connectivity index (χ3n) is 3.69. The van der Waals surface area contributed by atoms with Gasteiger partial charge in [-0.15, -0.1) is 0 Å². The van der Waals surface area contributed by atoms with Gasteiger partial charge in [-0.25, -0.2) is 0 Å². The molecule has 1 fully saturated rings. The van der Waals surface area contributed by atoms with Gasteiger partial charge in [-0.05, 0) is 31.4 Å². The number of carbonyl (C=O) groups excluding carboxylic acids is 1. The summed E-state index contributed by atoms with van der Waals surface area (Å²) in [6.07, 6.45) is 6.77. The van der Waals surface area contributed by atoms with E-state index in [4.69, 9.17) is 5.73 Å². The Morgan fingerprint density at radius 1 is 1.47 bits per heavy atom. The largest absolute Gasteiger partial charge is 0.354 e. The SMILES string of the molecule is CSC1(CNC(=O)C(CN)CC(C)C)CCC1. The first-order valence-corrected chi connectivity index (χ1v) is 7.78. The summed E-state index contributed by atoms with van der Waals surface area (Å²) < 4.78 is 0.312. The van der Waals surface area contributed by atoms with E-state index in [2.05, 4.69) is 25.4 Å². The van der Waals surface area contributed by atoms with E-state index in [9.17, 15) is 4.79 Å². The highest BCUT2D eigenvalue weighted by atomic mass is 32.2. The quantitative estimate of drug-likeness (QED) is 0.734. The number of thioether (sulfide) groups is 1. The minimum absolute atomic E-state index is 0.0195. The van der Waals surface area contributed by atoms with Crippen molar-refractivity contribution in [3.05, 3.63) is 0 Å². The molecule has 0 bridgehead atoms. The molecule has 4 heteroatoms. The van der Waals surface area contributed by atoms with E-state index in [1.165, 1.54) is 19.3 Å². The molecule has 0 aromatic carbocycles. The Morgan fingerprint density at radius 3 is 2.47 bits per heavy atom. The van der Waals surface area contributed by atoms with Crippen molar-refractivity contribution in [3.63, 3.8) is 0 Å². The Balaban J connectivity index is 2.36. The van der Waals surface area contributed by atoms with Gasteiger partial charge in [0.1, 0.15) is 0 Å². The predicted octanol–water partition coefficient (Wildman–Crippen LogP) is 2.01. The molecular weight excluding hydrogens is 232 g/mol. The molecule has 0 saturated heterocycles. The van der Waals surface area contributed by atoms with E-state index in [1.807, 2.05) is 11.8 Å². The molecule has 1 atom stereocenters. The minimum Gasteiger partial charge on any atom is -0.354 e. The molecule has 0 spiro atoms. The summed E-state index contributed by atoms with van der Waals surface area (Å²) in [5, 5.41) is 3.09. The van der Waals surface area contributed by atoms with Gasteiger partial charge in [-0.3, -0.25) is 4.79 Å². The number of rotatable bonds is 7. The highest BCUT2D eigenvalue weighted by Gasteiger charge is 2.36. The molecule has 0 heterocycles. The van der Waals surface area contributed by atoms with Crippen molar-refractivity contribution in [1.82, 2.24) is 5.32 Å². The van der Waals surface area contributed by atoms with Gasteiger partial charge in [-0.2, -0.15) is 11.8 Å². The monoisotopic (exact) mass is 258 g/mol. The molecule has 3 N–H and O–H groups in total. The summed E-state index contributed by atoms with van der Waals surface area (Å²) in [6, 6.07) is 0. The number of carbonyl (C=O) groups is 1. The molecule has 0 aromatic heterocycles. The van der Waals surface area contributed by atoms with Crippen molar-refractivity contribution in [2.45, 2.75) is 44.3 Å². The maximum Gasteiger partial charge on any atom is 0.224 e. The Kier molecular flexibility index (Phi) is 5.80. The van der Waals surface area contributed by atoms with E-state index in [0.717, 1.165) is 13.0 Å². The van der Waals surface area contributed by atoms with Crippen molar-refractivity contribution in [3.8, 4) is 0 Å². The fourth-order valence-electron chi connectivity index (χ4n) is 2.30. The maximum absolute atomic E-state index is 12.0. The van der Waals surface area contributed by atoms with Crippen LogP contribution < -0.4 is 11.1 Å². The first-order chi connectivity index (χ1) is 8.03. The smallest absolute Gasteiger partial charge is 0.224 e. The van der Waals surface area contributed by atoms with Crippen LogP contribution in [0.1, 0.15) is 39.5 Å². The Bertz CT molecular complexity index is 246. The topological polar surface area (TPSA) is 55.1 Å². The highest BCUT2D eigenvalue weighted by Crippen LogP contribution is 2.42. The zero-order valence-electron chi connectivity index (χ0n) is 11.3. The van der Waals surface area contributed by atoms with E-state index >= 15 is 0 Å². The Morgan fingerprint density at radius 2 is 2.12 bits per heavy atom. The fraction of sp³-hybridized carbons (Fsp3) is 0.923. The molecule has 0 aromatic rings. The Hall–Kier alpha value is -0.220. The molecule has 0 radical (unpaired) electrons. The van der Waals surface area contributed by atoms with Gasteiger partial charge in [0.05, 0.1) is 5.92 Å². The lowest BCUT2D eigenvalue weighted by Crippen LogP contribution is -2.47. The molecule has 1 rings (SSSR count). The third kappa shape index (κ3) is 4.18. The zero-order chi connectivity index (χ0) is 12.9. The molecule has 3 nitrogen and oxygen atoms in total. The lowest BCUT2D eigenvalue weighted by molar-refractivity contribution is -0.125. The normalized spacial score (nSPS) is 19.8. The van der Waals surface area contributed by atoms with Crippen molar-refractivity contribution in [2.75, 3.05) is 19.3 Å². The van der Waals surface area contributed by atoms with Gasteiger partial charge in [0.2, 0.25) is 5.91 Å². The molecule has 1 aliphatic rings. The highest BCUT2D eigenvalue weighted by molar-refractivity contribution is 8.00. The second kappa shape index (κ2) is 6.64. The molecule has 1 saturated carbocycles. The van der Waals surface area contributed by atoms with Gasteiger partial charge >= 0.3 is 0 Å². The number of amides is 1. The lowest BCUT2D eigenvalue weighted by Gasteiger charge is -2.40. The number of nitrogens with two attached hydrogens (primary N) is 1. The van der Waals surface area contributed by atoms with Crippen molar-refractivity contribution in [2.24, 2.45) is 17.6 Å². The van der Waals surface area contributed by atoms with Gasteiger partial charge in [0, 0.05) is 17.8 Å². The van der Waals surface area contributed by atoms with E-state index < -0.39 is 0 Å². The van der Waals surface area contributed by atoms with Gasteiger partial charge in [-0.1, -0.05) is 20.3 Å². The summed E-state index contributed by atoms with van der Waals surface area (Å²) in [5.74, 6) is 0.642. The molecule has 1 unspecified atom stereocenters. The van der Waals surface area contributed by atoms with Crippen LogP contribution in [0.25, 0.3) is 0 Å². The van der Waals surface area contributed by atoms with Crippen LogP contribution >= 0.6 is 11.8 Å². The van der Waals surface area contributed by atoms with Crippen LogP contribution in [0.15, 0.2) is 0 Å². The summed E-state index contributed by atoms with van der Waals surface area (Å²) >= 11 is 1.89. The molecule has 0 aliphatic heterocycles. The average Bonchev–Trinajstić information content (AvgIpc) is 2.24. The second-order valence-electron chi connectivity index (χ2n) is 5.52. The molecule has 1 amide bonds. The summed E-state index contributed by atoms with van der Waals surface area (Å²) in [6.45, 7) is 5.52. The first-order valence-electron chi connectivity index (χ1n) is 6.56. The standard InChI is InChI=1S/C13H26N2OS/c1-10(2)7-11(8-14)12(16)15-9-13(17-3)5-4-6-13/h10-11H,4-9,14H2,1-3H3,(H,15,16). The lowest BCUT2D eigenvalue weighted by atomic mass is 9.84.